The molecule has 3 heterocycles. The first kappa shape index (κ1) is 27.3. The first-order chi connectivity index (χ1) is 20.3. The molecule has 1 aliphatic heterocycles. The van der Waals surface area contributed by atoms with Crippen LogP contribution in [0.3, 0.4) is 0 Å². The minimum absolute atomic E-state index is 0.219. The van der Waals surface area contributed by atoms with Gasteiger partial charge in [0.15, 0.2) is 16.3 Å². The first-order valence-electron chi connectivity index (χ1n) is 13.5. The average molecular weight is 579 g/mol. The van der Waals surface area contributed by atoms with Gasteiger partial charge in [0.25, 0.3) is 11.5 Å². The molecule has 3 aromatic carbocycles. The number of carbonyl (C=O) groups is 1. The summed E-state index contributed by atoms with van der Waals surface area (Å²) in [6, 6.07) is 22.1. The van der Waals surface area contributed by atoms with Gasteiger partial charge in [0.05, 0.1) is 36.1 Å². The van der Waals surface area contributed by atoms with Crippen molar-refractivity contribution in [2.24, 2.45) is 12.0 Å². The van der Waals surface area contributed by atoms with E-state index in [0.717, 1.165) is 22.2 Å². The van der Waals surface area contributed by atoms with E-state index in [1.165, 1.54) is 11.3 Å². The Kier molecular flexibility index (Phi) is 7.04. The van der Waals surface area contributed by atoms with Crippen LogP contribution in [0.2, 0.25) is 0 Å². The molecule has 9 heteroatoms. The molecule has 5 aromatic rings. The number of aryl methyl sites for hydroxylation is 1. The molecular formula is C33H30N4O4S. The Hall–Kier alpha value is -4.89. The SMILES string of the molecule is COc1ccc([C@H]2C(C(=O)Nc3ccccc3)=C(C)N=c3s/c(=C\c4c(C)n(C)c5ccccc45)c(=O)n32)cc1OC. The van der Waals surface area contributed by atoms with Crippen molar-refractivity contribution in [3.8, 4) is 11.5 Å². The average Bonchev–Trinajstić information content (AvgIpc) is 3.44. The van der Waals surface area contributed by atoms with E-state index in [-0.39, 0.29) is 11.5 Å². The lowest BCUT2D eigenvalue weighted by molar-refractivity contribution is -0.113. The van der Waals surface area contributed by atoms with Gasteiger partial charge in [-0.05, 0) is 55.8 Å². The molecule has 0 fully saturated rings. The second kappa shape index (κ2) is 10.8. The Bertz CT molecular complexity index is 2070. The van der Waals surface area contributed by atoms with Gasteiger partial charge in [0, 0.05) is 34.9 Å². The number of hydrogen-bond acceptors (Lipinski definition) is 6. The molecule has 0 bridgehead atoms. The lowest BCUT2D eigenvalue weighted by Crippen LogP contribution is -2.40. The van der Waals surface area contributed by atoms with Gasteiger partial charge >= 0.3 is 0 Å². The van der Waals surface area contributed by atoms with Crippen molar-refractivity contribution in [3.05, 3.63) is 121 Å². The maximum absolute atomic E-state index is 14.2. The number of hydrogen-bond donors (Lipinski definition) is 1. The molecule has 212 valence electrons. The summed E-state index contributed by atoms with van der Waals surface area (Å²) in [5, 5.41) is 4.05. The van der Waals surface area contributed by atoms with Crippen molar-refractivity contribution in [1.29, 1.82) is 0 Å². The largest absolute Gasteiger partial charge is 0.493 e. The third-order valence-electron chi connectivity index (χ3n) is 7.75. The zero-order valence-corrected chi connectivity index (χ0v) is 24.8. The minimum Gasteiger partial charge on any atom is -0.493 e. The molecule has 0 aliphatic carbocycles. The summed E-state index contributed by atoms with van der Waals surface area (Å²) < 4.78 is 15.3. The monoisotopic (exact) mass is 578 g/mol. The van der Waals surface area contributed by atoms with Crippen molar-refractivity contribution in [3.63, 3.8) is 0 Å². The third-order valence-corrected chi connectivity index (χ3v) is 8.73. The Morgan fingerprint density at radius 2 is 1.69 bits per heavy atom. The molecular weight excluding hydrogens is 548 g/mol. The summed E-state index contributed by atoms with van der Waals surface area (Å²) in [6.07, 6.45) is 1.94. The number of aromatic nitrogens is 2. The Morgan fingerprint density at radius 1 is 0.976 bits per heavy atom. The van der Waals surface area contributed by atoms with Crippen molar-refractivity contribution < 1.29 is 14.3 Å². The molecule has 0 spiro atoms. The minimum atomic E-state index is -0.736. The molecule has 1 atom stereocenters. The quantitative estimate of drug-likeness (QED) is 0.317. The summed E-state index contributed by atoms with van der Waals surface area (Å²) in [4.78, 5) is 33.4. The summed E-state index contributed by atoms with van der Waals surface area (Å²) in [5.74, 6) is 0.721. The lowest BCUT2D eigenvalue weighted by Gasteiger charge is -2.26. The fourth-order valence-corrected chi connectivity index (χ4v) is 6.56. The Morgan fingerprint density at radius 3 is 2.43 bits per heavy atom. The molecule has 6 rings (SSSR count). The maximum atomic E-state index is 14.2. The normalized spacial score (nSPS) is 15.0. The van der Waals surface area contributed by atoms with Crippen molar-refractivity contribution in [2.75, 3.05) is 19.5 Å². The smallest absolute Gasteiger partial charge is 0.271 e. The number of amides is 1. The number of para-hydroxylation sites is 2. The van der Waals surface area contributed by atoms with Crippen LogP contribution >= 0.6 is 11.3 Å². The summed E-state index contributed by atoms with van der Waals surface area (Å²) in [6.45, 7) is 3.85. The van der Waals surface area contributed by atoms with E-state index < -0.39 is 6.04 Å². The van der Waals surface area contributed by atoms with Gasteiger partial charge < -0.3 is 19.4 Å². The molecule has 8 nitrogen and oxygen atoms in total. The van der Waals surface area contributed by atoms with Crippen LogP contribution in [-0.4, -0.2) is 29.3 Å². The van der Waals surface area contributed by atoms with E-state index in [0.29, 0.717) is 43.4 Å². The van der Waals surface area contributed by atoms with Crippen LogP contribution in [-0.2, 0) is 11.8 Å². The number of anilines is 1. The number of nitrogens with one attached hydrogen (secondary N) is 1. The third kappa shape index (κ3) is 4.52. The van der Waals surface area contributed by atoms with E-state index in [4.69, 9.17) is 14.5 Å². The van der Waals surface area contributed by atoms with Gasteiger partial charge in [0.1, 0.15) is 0 Å². The predicted octanol–water partition coefficient (Wildman–Crippen LogP) is 4.69. The topological polar surface area (TPSA) is 86.9 Å². The van der Waals surface area contributed by atoms with Crippen molar-refractivity contribution >= 4 is 39.9 Å². The molecule has 1 N–H and O–H groups in total. The second-order valence-electron chi connectivity index (χ2n) is 10.1. The standard InChI is InChI=1S/C33H30N4O4S/c1-19-29(31(38)35-22-11-7-6-8-12-22)30(21-15-16-26(40-4)27(17-21)41-5)37-32(39)28(42-33(37)34-19)18-24-20(2)36(3)25-14-10-9-13-23(24)25/h6-18,30H,1-5H3,(H,35,38)/b28-18-/t30-/m0/s1. The highest BCUT2D eigenvalue weighted by molar-refractivity contribution is 7.07. The number of nitrogens with zero attached hydrogens (tertiary/aromatic N) is 3. The molecule has 2 aromatic heterocycles. The van der Waals surface area contributed by atoms with E-state index >= 15 is 0 Å². The van der Waals surface area contributed by atoms with Crippen LogP contribution in [0.15, 0.2) is 93.9 Å². The molecule has 0 saturated carbocycles. The van der Waals surface area contributed by atoms with Crippen LogP contribution < -0.4 is 29.7 Å². The highest BCUT2D eigenvalue weighted by Crippen LogP contribution is 2.36. The number of rotatable bonds is 6. The van der Waals surface area contributed by atoms with Gasteiger partial charge in [-0.25, -0.2) is 4.99 Å². The molecule has 42 heavy (non-hydrogen) atoms. The van der Waals surface area contributed by atoms with E-state index in [1.807, 2.05) is 74.6 Å². The van der Waals surface area contributed by atoms with Crippen molar-refractivity contribution in [1.82, 2.24) is 9.13 Å². The summed E-state index contributed by atoms with van der Waals surface area (Å²) in [5.41, 5.74) is 5.18. The van der Waals surface area contributed by atoms with Crippen molar-refractivity contribution in [2.45, 2.75) is 19.9 Å². The number of fused-ring (bicyclic) bond motifs is 2. The first-order valence-corrected chi connectivity index (χ1v) is 14.3. The Labute approximate surface area is 246 Å². The number of methoxy groups -OCH3 is 2. The zero-order chi connectivity index (χ0) is 29.5. The number of allylic oxidation sites excluding steroid dienone is 1. The lowest BCUT2D eigenvalue weighted by atomic mass is 9.94. The molecule has 1 aliphatic rings. The number of carbonyl (C=O) groups excluding carboxylic acids is 1. The number of thiazole rings is 1. The zero-order valence-electron chi connectivity index (χ0n) is 24.0. The van der Waals surface area contributed by atoms with Crippen LogP contribution in [0.5, 0.6) is 11.5 Å². The maximum Gasteiger partial charge on any atom is 0.271 e. The van der Waals surface area contributed by atoms with Crippen LogP contribution in [0.4, 0.5) is 5.69 Å². The van der Waals surface area contributed by atoms with Gasteiger partial charge in [-0.2, -0.15) is 0 Å². The van der Waals surface area contributed by atoms with Gasteiger partial charge in [0.2, 0.25) is 0 Å². The molecule has 0 radical (unpaired) electrons. The van der Waals surface area contributed by atoms with Crippen LogP contribution in [0, 0.1) is 6.92 Å². The fourth-order valence-electron chi connectivity index (χ4n) is 5.53. The molecule has 1 amide bonds. The highest BCUT2D eigenvalue weighted by atomic mass is 32.1. The highest BCUT2D eigenvalue weighted by Gasteiger charge is 2.33. The van der Waals surface area contributed by atoms with E-state index in [1.54, 1.807) is 31.8 Å². The predicted molar refractivity (Wildman–Crippen MR) is 166 cm³/mol. The van der Waals surface area contributed by atoms with Gasteiger partial charge in [-0.3, -0.25) is 14.2 Å². The van der Waals surface area contributed by atoms with Crippen LogP contribution in [0.25, 0.3) is 17.0 Å². The second-order valence-corrected chi connectivity index (χ2v) is 11.1. The summed E-state index contributed by atoms with van der Waals surface area (Å²) in [7, 11) is 5.15. The van der Waals surface area contributed by atoms with Gasteiger partial charge in [-0.1, -0.05) is 53.8 Å². The number of benzene rings is 3. The van der Waals surface area contributed by atoms with E-state index in [2.05, 4.69) is 22.0 Å². The summed E-state index contributed by atoms with van der Waals surface area (Å²) >= 11 is 1.32. The number of ether oxygens (including phenoxy) is 2. The fraction of sp³-hybridized carbons (Fsp3) is 0.182. The van der Waals surface area contributed by atoms with E-state index in [9.17, 15) is 9.59 Å². The van der Waals surface area contributed by atoms with Crippen LogP contribution in [0.1, 0.15) is 29.8 Å². The Balaban J connectivity index is 1.57. The van der Waals surface area contributed by atoms with Gasteiger partial charge in [-0.15, -0.1) is 0 Å². The molecule has 0 unspecified atom stereocenters. The molecule has 0 saturated heterocycles.